The Morgan fingerprint density at radius 2 is 1.86 bits per heavy atom. The van der Waals surface area contributed by atoms with Crippen LogP contribution in [0.1, 0.15) is 21.5 Å². The number of aromatic nitrogens is 1. The van der Waals surface area contributed by atoms with Gasteiger partial charge in [0.15, 0.2) is 0 Å². The van der Waals surface area contributed by atoms with Crippen molar-refractivity contribution in [3.8, 4) is 10.6 Å². The third kappa shape index (κ3) is 3.07. The number of thiazole rings is 1. The number of nitrogens with one attached hydrogen (secondary N) is 1. The minimum absolute atomic E-state index is 0.0804. The SMILES string of the molecule is Cc1ccc(C)c(C(=O)Nc2ccc(-c3nccs3)cc2)c1. The van der Waals surface area contributed by atoms with Crippen molar-refractivity contribution in [3.05, 3.63) is 70.7 Å². The molecule has 110 valence electrons. The Kier molecular flexibility index (Phi) is 4.02. The molecule has 0 aliphatic carbocycles. The van der Waals surface area contributed by atoms with Crippen molar-refractivity contribution in [2.45, 2.75) is 13.8 Å². The normalized spacial score (nSPS) is 10.5. The standard InChI is InChI=1S/C18H16N2OS/c1-12-3-4-13(2)16(11-12)17(21)20-15-7-5-14(6-8-15)18-19-9-10-22-18/h3-11H,1-2H3,(H,20,21). The first-order valence-electron chi connectivity index (χ1n) is 7.02. The highest BCUT2D eigenvalue weighted by atomic mass is 32.1. The van der Waals surface area contributed by atoms with Gasteiger partial charge in [-0.2, -0.15) is 0 Å². The van der Waals surface area contributed by atoms with Gasteiger partial charge in [-0.1, -0.05) is 17.7 Å². The zero-order valence-corrected chi connectivity index (χ0v) is 13.3. The Morgan fingerprint density at radius 3 is 2.55 bits per heavy atom. The topological polar surface area (TPSA) is 42.0 Å². The van der Waals surface area contributed by atoms with E-state index in [0.717, 1.165) is 27.4 Å². The molecule has 0 saturated heterocycles. The first-order valence-corrected chi connectivity index (χ1v) is 7.90. The zero-order valence-electron chi connectivity index (χ0n) is 12.5. The molecule has 1 aromatic heterocycles. The minimum Gasteiger partial charge on any atom is -0.322 e. The maximum atomic E-state index is 12.4. The van der Waals surface area contributed by atoms with E-state index in [0.29, 0.717) is 5.56 Å². The molecular formula is C18H16N2OS. The Morgan fingerprint density at radius 1 is 1.09 bits per heavy atom. The number of rotatable bonds is 3. The Balaban J connectivity index is 1.78. The monoisotopic (exact) mass is 308 g/mol. The van der Waals surface area contributed by atoms with E-state index in [2.05, 4.69) is 10.3 Å². The smallest absolute Gasteiger partial charge is 0.255 e. The maximum absolute atomic E-state index is 12.4. The highest BCUT2D eigenvalue weighted by Crippen LogP contribution is 2.23. The number of carbonyl (C=O) groups is 1. The van der Waals surface area contributed by atoms with E-state index in [-0.39, 0.29) is 5.91 Å². The molecule has 0 unspecified atom stereocenters. The lowest BCUT2D eigenvalue weighted by Crippen LogP contribution is -2.13. The van der Waals surface area contributed by atoms with Crippen LogP contribution in [0.3, 0.4) is 0 Å². The predicted molar refractivity (Wildman–Crippen MR) is 91.4 cm³/mol. The van der Waals surface area contributed by atoms with Gasteiger partial charge in [0.05, 0.1) is 0 Å². The van der Waals surface area contributed by atoms with Gasteiger partial charge in [0.2, 0.25) is 0 Å². The van der Waals surface area contributed by atoms with Gasteiger partial charge in [-0.3, -0.25) is 4.79 Å². The highest BCUT2D eigenvalue weighted by Gasteiger charge is 2.09. The van der Waals surface area contributed by atoms with Gasteiger partial charge < -0.3 is 5.32 Å². The summed E-state index contributed by atoms with van der Waals surface area (Å²) < 4.78 is 0. The molecule has 0 aliphatic heterocycles. The van der Waals surface area contributed by atoms with E-state index in [9.17, 15) is 4.79 Å². The second kappa shape index (κ2) is 6.12. The van der Waals surface area contributed by atoms with Crippen LogP contribution in [-0.2, 0) is 0 Å². The van der Waals surface area contributed by atoms with Gasteiger partial charge in [0.25, 0.3) is 5.91 Å². The maximum Gasteiger partial charge on any atom is 0.255 e. The fourth-order valence-corrected chi connectivity index (χ4v) is 2.89. The third-order valence-corrected chi connectivity index (χ3v) is 4.28. The van der Waals surface area contributed by atoms with Gasteiger partial charge in [0, 0.05) is 28.4 Å². The largest absolute Gasteiger partial charge is 0.322 e. The molecule has 0 aliphatic rings. The van der Waals surface area contributed by atoms with Crippen LogP contribution in [0.25, 0.3) is 10.6 Å². The number of nitrogens with zero attached hydrogens (tertiary/aromatic N) is 1. The summed E-state index contributed by atoms with van der Waals surface area (Å²) in [6, 6.07) is 13.6. The van der Waals surface area contributed by atoms with Crippen molar-refractivity contribution in [2.75, 3.05) is 5.32 Å². The van der Waals surface area contributed by atoms with Crippen LogP contribution in [0.5, 0.6) is 0 Å². The highest BCUT2D eigenvalue weighted by molar-refractivity contribution is 7.13. The zero-order chi connectivity index (χ0) is 15.5. The minimum atomic E-state index is -0.0804. The number of anilines is 1. The van der Waals surface area contributed by atoms with Gasteiger partial charge >= 0.3 is 0 Å². The van der Waals surface area contributed by atoms with E-state index < -0.39 is 0 Å². The molecule has 0 bridgehead atoms. The van der Waals surface area contributed by atoms with Crippen molar-refractivity contribution < 1.29 is 4.79 Å². The van der Waals surface area contributed by atoms with Crippen molar-refractivity contribution in [1.82, 2.24) is 4.98 Å². The number of amides is 1. The van der Waals surface area contributed by atoms with Crippen LogP contribution in [0, 0.1) is 13.8 Å². The quantitative estimate of drug-likeness (QED) is 0.763. The lowest BCUT2D eigenvalue weighted by Gasteiger charge is -2.09. The van der Waals surface area contributed by atoms with E-state index in [1.54, 1.807) is 17.5 Å². The molecule has 0 saturated carbocycles. The van der Waals surface area contributed by atoms with Crippen LogP contribution >= 0.6 is 11.3 Å². The Labute approximate surface area is 133 Å². The summed E-state index contributed by atoms with van der Waals surface area (Å²) in [4.78, 5) is 16.7. The number of hydrogen-bond acceptors (Lipinski definition) is 3. The first kappa shape index (κ1) is 14.5. The second-order valence-electron chi connectivity index (χ2n) is 5.19. The summed E-state index contributed by atoms with van der Waals surface area (Å²) in [6.07, 6.45) is 1.79. The van der Waals surface area contributed by atoms with Crippen LogP contribution in [0.15, 0.2) is 54.0 Å². The molecule has 1 heterocycles. The first-order chi connectivity index (χ1) is 10.6. The summed E-state index contributed by atoms with van der Waals surface area (Å²) in [5.41, 5.74) is 4.60. The van der Waals surface area contributed by atoms with Gasteiger partial charge in [0.1, 0.15) is 5.01 Å². The molecular weight excluding hydrogens is 292 g/mol. The molecule has 1 amide bonds. The lowest BCUT2D eigenvalue weighted by atomic mass is 10.0. The molecule has 3 rings (SSSR count). The Bertz CT molecular complexity index is 792. The molecule has 0 spiro atoms. The molecule has 2 aromatic carbocycles. The summed E-state index contributed by atoms with van der Waals surface area (Å²) >= 11 is 1.60. The van der Waals surface area contributed by atoms with Gasteiger partial charge in [-0.05, 0) is 49.7 Å². The summed E-state index contributed by atoms with van der Waals surface area (Å²) in [6.45, 7) is 3.93. The van der Waals surface area contributed by atoms with Crippen molar-refractivity contribution in [3.63, 3.8) is 0 Å². The van der Waals surface area contributed by atoms with Crippen LogP contribution in [-0.4, -0.2) is 10.9 Å². The average Bonchev–Trinajstić information content (AvgIpc) is 3.05. The van der Waals surface area contributed by atoms with E-state index in [4.69, 9.17) is 0 Å². The molecule has 4 heteroatoms. The van der Waals surface area contributed by atoms with Gasteiger partial charge in [-0.15, -0.1) is 11.3 Å². The molecule has 3 nitrogen and oxygen atoms in total. The van der Waals surface area contributed by atoms with Crippen molar-refractivity contribution in [2.24, 2.45) is 0 Å². The molecule has 0 fully saturated rings. The van der Waals surface area contributed by atoms with Gasteiger partial charge in [-0.25, -0.2) is 4.98 Å². The van der Waals surface area contributed by atoms with E-state index >= 15 is 0 Å². The van der Waals surface area contributed by atoms with Crippen LogP contribution in [0.4, 0.5) is 5.69 Å². The molecule has 22 heavy (non-hydrogen) atoms. The number of aryl methyl sites for hydroxylation is 2. The summed E-state index contributed by atoms with van der Waals surface area (Å²) in [7, 11) is 0. The van der Waals surface area contributed by atoms with Crippen molar-refractivity contribution >= 4 is 22.9 Å². The van der Waals surface area contributed by atoms with Crippen LogP contribution in [0.2, 0.25) is 0 Å². The molecule has 1 N–H and O–H groups in total. The van der Waals surface area contributed by atoms with E-state index in [1.165, 1.54) is 0 Å². The number of hydrogen-bond donors (Lipinski definition) is 1. The third-order valence-electron chi connectivity index (χ3n) is 3.46. The Hall–Kier alpha value is -2.46. The summed E-state index contributed by atoms with van der Waals surface area (Å²) in [5, 5.41) is 5.87. The number of benzene rings is 2. The van der Waals surface area contributed by atoms with E-state index in [1.807, 2.05) is 61.7 Å². The molecule has 3 aromatic rings. The molecule has 0 atom stereocenters. The average molecular weight is 308 g/mol. The van der Waals surface area contributed by atoms with Crippen LogP contribution < -0.4 is 5.32 Å². The predicted octanol–water partition coefficient (Wildman–Crippen LogP) is 4.68. The number of carbonyl (C=O) groups excluding carboxylic acids is 1. The fourth-order valence-electron chi connectivity index (χ4n) is 2.24. The van der Waals surface area contributed by atoms with Crippen molar-refractivity contribution in [1.29, 1.82) is 0 Å². The second-order valence-corrected chi connectivity index (χ2v) is 6.08. The lowest BCUT2D eigenvalue weighted by molar-refractivity contribution is 0.102. The fraction of sp³-hybridized carbons (Fsp3) is 0.111. The summed E-state index contributed by atoms with van der Waals surface area (Å²) in [5.74, 6) is -0.0804. The molecule has 0 radical (unpaired) electrons.